The largest absolute Gasteiger partial charge is 0.495 e. The first-order chi connectivity index (χ1) is 11.1. The zero-order valence-electron chi connectivity index (χ0n) is 13.9. The van der Waals surface area contributed by atoms with Crippen molar-refractivity contribution < 1.29 is 9.53 Å². The summed E-state index contributed by atoms with van der Waals surface area (Å²) in [6.07, 6.45) is 0.393. The highest BCUT2D eigenvalue weighted by atomic mass is 16.5. The van der Waals surface area contributed by atoms with Crippen LogP contribution in [-0.4, -0.2) is 19.6 Å². The van der Waals surface area contributed by atoms with Gasteiger partial charge in [-0.2, -0.15) is 0 Å². The normalized spacial score (nSPS) is 10.4. The number of amides is 1. The van der Waals surface area contributed by atoms with Gasteiger partial charge in [-0.25, -0.2) is 0 Å². The maximum Gasteiger partial charge on any atom is 0.226 e. The lowest BCUT2D eigenvalue weighted by Crippen LogP contribution is -2.16. The molecule has 0 bridgehead atoms. The van der Waals surface area contributed by atoms with Crippen molar-refractivity contribution in [3.05, 3.63) is 54.1 Å². The Kier molecular flexibility index (Phi) is 6.03. The fourth-order valence-electron chi connectivity index (χ4n) is 2.28. The average Bonchev–Trinajstić information content (AvgIpc) is 2.55. The topological polar surface area (TPSA) is 50.4 Å². The molecule has 4 nitrogen and oxygen atoms in total. The van der Waals surface area contributed by atoms with Crippen molar-refractivity contribution >= 4 is 17.3 Å². The Bertz CT molecular complexity index is 636. The van der Waals surface area contributed by atoms with E-state index in [0.717, 1.165) is 17.1 Å². The van der Waals surface area contributed by atoms with Crippen LogP contribution < -0.4 is 15.4 Å². The molecule has 0 heterocycles. The summed E-state index contributed by atoms with van der Waals surface area (Å²) in [4.78, 5) is 12.0. The summed E-state index contributed by atoms with van der Waals surface area (Å²) in [5, 5.41) is 6.13. The van der Waals surface area contributed by atoms with E-state index in [1.54, 1.807) is 7.11 Å². The molecule has 2 aromatic rings. The standard InChI is InChI=1S/C19H24N2O2/c1-14(2)15-8-10-16(11-9-15)21-19(22)12-13-20-17-6-4-5-7-18(17)23-3/h4-11,14,20H,12-13H2,1-3H3,(H,21,22). The van der Waals surface area contributed by atoms with Crippen molar-refractivity contribution in [2.24, 2.45) is 0 Å². The van der Waals surface area contributed by atoms with Gasteiger partial charge in [0.05, 0.1) is 12.8 Å². The van der Waals surface area contributed by atoms with Crippen molar-refractivity contribution in [1.29, 1.82) is 0 Å². The first kappa shape index (κ1) is 16.9. The number of nitrogens with one attached hydrogen (secondary N) is 2. The fourth-order valence-corrected chi connectivity index (χ4v) is 2.28. The minimum Gasteiger partial charge on any atom is -0.495 e. The van der Waals surface area contributed by atoms with E-state index in [1.807, 2.05) is 48.5 Å². The Balaban J connectivity index is 1.81. The van der Waals surface area contributed by atoms with Gasteiger partial charge in [0.15, 0.2) is 0 Å². The summed E-state index contributed by atoms with van der Waals surface area (Å²) in [6.45, 7) is 4.85. The van der Waals surface area contributed by atoms with E-state index < -0.39 is 0 Å². The minimum absolute atomic E-state index is 0.00954. The van der Waals surface area contributed by atoms with Gasteiger partial charge in [-0.05, 0) is 35.7 Å². The van der Waals surface area contributed by atoms with Crippen LogP contribution in [0.5, 0.6) is 5.75 Å². The number of benzene rings is 2. The second-order valence-electron chi connectivity index (χ2n) is 5.70. The number of methoxy groups -OCH3 is 1. The van der Waals surface area contributed by atoms with Gasteiger partial charge in [0, 0.05) is 18.7 Å². The highest BCUT2D eigenvalue weighted by Gasteiger charge is 2.05. The summed E-state index contributed by atoms with van der Waals surface area (Å²) in [5.74, 6) is 1.26. The summed E-state index contributed by atoms with van der Waals surface area (Å²) in [5.41, 5.74) is 2.99. The number of carbonyl (C=O) groups is 1. The molecule has 0 unspecified atom stereocenters. The maximum absolute atomic E-state index is 12.0. The molecule has 0 spiro atoms. The van der Waals surface area contributed by atoms with Gasteiger partial charge in [-0.1, -0.05) is 38.1 Å². The average molecular weight is 312 g/mol. The van der Waals surface area contributed by atoms with Crippen LogP contribution in [0.25, 0.3) is 0 Å². The lowest BCUT2D eigenvalue weighted by atomic mass is 10.0. The van der Waals surface area contributed by atoms with E-state index in [1.165, 1.54) is 5.56 Å². The van der Waals surface area contributed by atoms with Crippen LogP contribution >= 0.6 is 0 Å². The molecule has 0 atom stereocenters. The zero-order chi connectivity index (χ0) is 16.7. The van der Waals surface area contributed by atoms with E-state index in [-0.39, 0.29) is 5.91 Å². The van der Waals surface area contributed by atoms with Crippen molar-refractivity contribution in [2.75, 3.05) is 24.3 Å². The van der Waals surface area contributed by atoms with Gasteiger partial charge >= 0.3 is 0 Å². The summed E-state index contributed by atoms with van der Waals surface area (Å²) in [7, 11) is 1.63. The van der Waals surface area contributed by atoms with Crippen LogP contribution in [0.2, 0.25) is 0 Å². The molecule has 0 aliphatic heterocycles. The number of hydrogen-bond donors (Lipinski definition) is 2. The minimum atomic E-state index is -0.00954. The van der Waals surface area contributed by atoms with E-state index in [0.29, 0.717) is 18.9 Å². The molecule has 0 fully saturated rings. The molecular weight excluding hydrogens is 288 g/mol. The number of rotatable bonds is 7. The van der Waals surface area contributed by atoms with E-state index in [2.05, 4.69) is 24.5 Å². The number of ether oxygens (including phenoxy) is 1. The van der Waals surface area contributed by atoms with Gasteiger partial charge in [0.2, 0.25) is 5.91 Å². The van der Waals surface area contributed by atoms with Crippen LogP contribution in [0, 0.1) is 0 Å². The summed E-state index contributed by atoms with van der Waals surface area (Å²) in [6, 6.07) is 15.7. The molecule has 23 heavy (non-hydrogen) atoms. The van der Waals surface area contributed by atoms with Gasteiger partial charge in [0.25, 0.3) is 0 Å². The molecule has 0 aliphatic carbocycles. The predicted molar refractivity (Wildman–Crippen MR) is 95.3 cm³/mol. The van der Waals surface area contributed by atoms with Crippen LogP contribution in [0.1, 0.15) is 31.7 Å². The predicted octanol–water partition coefficient (Wildman–Crippen LogP) is 4.26. The Morgan fingerprint density at radius 3 is 2.43 bits per heavy atom. The molecule has 2 rings (SSSR count). The van der Waals surface area contributed by atoms with Gasteiger partial charge in [-0.3, -0.25) is 4.79 Å². The monoisotopic (exact) mass is 312 g/mol. The van der Waals surface area contributed by atoms with Crippen LogP contribution in [0.15, 0.2) is 48.5 Å². The van der Waals surface area contributed by atoms with Gasteiger partial charge in [-0.15, -0.1) is 0 Å². The molecule has 0 aromatic heterocycles. The second-order valence-corrected chi connectivity index (χ2v) is 5.70. The molecule has 0 aliphatic rings. The quantitative estimate of drug-likeness (QED) is 0.803. The molecular formula is C19H24N2O2. The van der Waals surface area contributed by atoms with E-state index >= 15 is 0 Å². The first-order valence-corrected chi connectivity index (χ1v) is 7.87. The Morgan fingerprint density at radius 2 is 1.78 bits per heavy atom. The summed E-state index contributed by atoms with van der Waals surface area (Å²) < 4.78 is 5.27. The third-order valence-electron chi connectivity index (χ3n) is 3.64. The number of anilines is 2. The molecule has 2 N–H and O–H groups in total. The van der Waals surface area contributed by atoms with Gasteiger partial charge in [0.1, 0.15) is 5.75 Å². The maximum atomic E-state index is 12.0. The Labute approximate surface area is 137 Å². The smallest absolute Gasteiger partial charge is 0.226 e. The first-order valence-electron chi connectivity index (χ1n) is 7.87. The van der Waals surface area contributed by atoms with E-state index in [4.69, 9.17) is 4.74 Å². The fraction of sp³-hybridized carbons (Fsp3) is 0.316. The lowest BCUT2D eigenvalue weighted by molar-refractivity contribution is -0.115. The van der Waals surface area contributed by atoms with Crippen molar-refractivity contribution in [2.45, 2.75) is 26.2 Å². The van der Waals surface area contributed by atoms with Crippen molar-refractivity contribution in [3.8, 4) is 5.75 Å². The van der Waals surface area contributed by atoms with Crippen LogP contribution in [0.3, 0.4) is 0 Å². The number of hydrogen-bond acceptors (Lipinski definition) is 3. The third kappa shape index (κ3) is 5.02. The molecule has 0 saturated carbocycles. The highest BCUT2D eigenvalue weighted by molar-refractivity contribution is 5.91. The summed E-state index contributed by atoms with van der Waals surface area (Å²) >= 11 is 0. The third-order valence-corrected chi connectivity index (χ3v) is 3.64. The number of para-hydroxylation sites is 2. The van der Waals surface area contributed by atoms with Gasteiger partial charge < -0.3 is 15.4 Å². The highest BCUT2D eigenvalue weighted by Crippen LogP contribution is 2.22. The second kappa shape index (κ2) is 8.22. The molecule has 2 aromatic carbocycles. The van der Waals surface area contributed by atoms with Crippen molar-refractivity contribution in [3.63, 3.8) is 0 Å². The molecule has 0 radical (unpaired) electrons. The Hall–Kier alpha value is -2.49. The zero-order valence-corrected chi connectivity index (χ0v) is 13.9. The molecule has 0 saturated heterocycles. The van der Waals surface area contributed by atoms with Crippen molar-refractivity contribution in [1.82, 2.24) is 0 Å². The number of carbonyl (C=O) groups excluding carboxylic acids is 1. The molecule has 1 amide bonds. The SMILES string of the molecule is COc1ccccc1NCCC(=O)Nc1ccc(C(C)C)cc1. The van der Waals surface area contributed by atoms with Crippen LogP contribution in [-0.2, 0) is 4.79 Å². The van der Waals surface area contributed by atoms with E-state index in [9.17, 15) is 4.79 Å². The lowest BCUT2D eigenvalue weighted by Gasteiger charge is -2.11. The Morgan fingerprint density at radius 1 is 1.09 bits per heavy atom. The molecule has 122 valence electrons. The molecule has 4 heteroatoms. The van der Waals surface area contributed by atoms with Crippen LogP contribution in [0.4, 0.5) is 11.4 Å².